The summed E-state index contributed by atoms with van der Waals surface area (Å²) < 4.78 is 0. The predicted octanol–water partition coefficient (Wildman–Crippen LogP) is 1.75. The van der Waals surface area contributed by atoms with E-state index in [4.69, 9.17) is 5.73 Å². The predicted molar refractivity (Wildman–Crippen MR) is 52.4 cm³/mol. The fourth-order valence-corrected chi connectivity index (χ4v) is 0.662. The maximum Gasteiger partial charge on any atom is 0.292 e. The van der Waals surface area contributed by atoms with Gasteiger partial charge in [0.15, 0.2) is 0 Å². The number of nitrogens with zero attached hydrogens (tertiary/aromatic N) is 1. The highest BCUT2D eigenvalue weighted by atomic mass is 16.6. The van der Waals surface area contributed by atoms with E-state index in [1.54, 1.807) is 19.1 Å². The summed E-state index contributed by atoms with van der Waals surface area (Å²) in [5.74, 6) is 0. The Kier molecular flexibility index (Phi) is 4.95. The second-order valence-corrected chi connectivity index (χ2v) is 2.19. The SMILES string of the molecule is C=C\C=C(N)/C(=C\C=C/C)[N+](=O)[O-]. The molecule has 0 bridgehead atoms. The Labute approximate surface area is 76.9 Å². The van der Waals surface area contributed by atoms with Crippen LogP contribution in [0.4, 0.5) is 0 Å². The summed E-state index contributed by atoms with van der Waals surface area (Å²) in [6.45, 7) is 5.16. The number of rotatable bonds is 4. The van der Waals surface area contributed by atoms with Gasteiger partial charge in [0.05, 0.1) is 4.92 Å². The van der Waals surface area contributed by atoms with Gasteiger partial charge in [0.25, 0.3) is 5.70 Å². The highest BCUT2D eigenvalue weighted by Gasteiger charge is 2.11. The summed E-state index contributed by atoms with van der Waals surface area (Å²) in [5, 5.41) is 10.5. The van der Waals surface area contributed by atoms with Crippen LogP contribution in [-0.4, -0.2) is 4.92 Å². The minimum Gasteiger partial charge on any atom is -0.393 e. The van der Waals surface area contributed by atoms with Crippen LogP contribution in [0.15, 0.2) is 48.4 Å². The highest BCUT2D eigenvalue weighted by molar-refractivity contribution is 5.28. The summed E-state index contributed by atoms with van der Waals surface area (Å²) in [7, 11) is 0. The molecule has 0 atom stereocenters. The van der Waals surface area contributed by atoms with Crippen molar-refractivity contribution in [3.63, 3.8) is 0 Å². The molecule has 2 N–H and O–H groups in total. The van der Waals surface area contributed by atoms with Crippen molar-refractivity contribution in [2.75, 3.05) is 0 Å². The lowest BCUT2D eigenvalue weighted by atomic mass is 10.3. The molecule has 0 fully saturated rings. The molecule has 4 nitrogen and oxygen atoms in total. The third kappa shape index (κ3) is 3.91. The van der Waals surface area contributed by atoms with E-state index < -0.39 is 4.92 Å². The number of hydrogen-bond donors (Lipinski definition) is 1. The van der Waals surface area contributed by atoms with Crippen molar-refractivity contribution in [1.29, 1.82) is 0 Å². The van der Waals surface area contributed by atoms with Crippen LogP contribution in [0, 0.1) is 10.1 Å². The fourth-order valence-electron chi connectivity index (χ4n) is 0.662. The number of nitrogens with two attached hydrogens (primary N) is 1. The summed E-state index contributed by atoms with van der Waals surface area (Å²) in [4.78, 5) is 9.94. The Morgan fingerprint density at radius 3 is 2.54 bits per heavy atom. The summed E-state index contributed by atoms with van der Waals surface area (Å²) >= 11 is 0. The van der Waals surface area contributed by atoms with Gasteiger partial charge in [-0.25, -0.2) is 0 Å². The molecular weight excluding hydrogens is 168 g/mol. The van der Waals surface area contributed by atoms with Gasteiger partial charge in [0, 0.05) is 6.08 Å². The number of allylic oxidation sites excluding steroid dienone is 5. The van der Waals surface area contributed by atoms with Crippen molar-refractivity contribution in [2.24, 2.45) is 5.73 Å². The molecule has 0 heterocycles. The smallest absolute Gasteiger partial charge is 0.292 e. The van der Waals surface area contributed by atoms with Gasteiger partial charge < -0.3 is 5.73 Å². The Bertz CT molecular complexity index is 288. The van der Waals surface area contributed by atoms with Gasteiger partial charge in [-0.2, -0.15) is 0 Å². The second-order valence-electron chi connectivity index (χ2n) is 2.19. The molecule has 13 heavy (non-hydrogen) atoms. The van der Waals surface area contributed by atoms with Crippen LogP contribution < -0.4 is 5.73 Å². The molecule has 4 heteroatoms. The van der Waals surface area contributed by atoms with E-state index in [1.165, 1.54) is 18.2 Å². The van der Waals surface area contributed by atoms with Crippen LogP contribution in [0.25, 0.3) is 0 Å². The Morgan fingerprint density at radius 1 is 1.54 bits per heavy atom. The number of nitro groups is 1. The van der Waals surface area contributed by atoms with Crippen molar-refractivity contribution >= 4 is 0 Å². The zero-order valence-electron chi connectivity index (χ0n) is 7.43. The molecular formula is C9H12N2O2. The average Bonchev–Trinajstić information content (AvgIpc) is 2.05. The zero-order chi connectivity index (χ0) is 10.3. The molecule has 0 aromatic heterocycles. The number of hydrogen-bond acceptors (Lipinski definition) is 3. The lowest BCUT2D eigenvalue weighted by molar-refractivity contribution is -0.420. The van der Waals surface area contributed by atoms with Crippen molar-refractivity contribution in [2.45, 2.75) is 6.92 Å². The molecule has 0 aromatic carbocycles. The molecule has 0 aromatic rings. The molecule has 0 amide bonds. The molecule has 0 spiro atoms. The first kappa shape index (κ1) is 11.2. The van der Waals surface area contributed by atoms with E-state index >= 15 is 0 Å². The molecule has 0 aliphatic carbocycles. The van der Waals surface area contributed by atoms with Gasteiger partial charge >= 0.3 is 0 Å². The molecule has 70 valence electrons. The summed E-state index contributed by atoms with van der Waals surface area (Å²) in [5.41, 5.74) is 5.38. The topological polar surface area (TPSA) is 69.2 Å². The van der Waals surface area contributed by atoms with Gasteiger partial charge in [-0.15, -0.1) is 0 Å². The minimum atomic E-state index is -0.532. The molecule has 0 rings (SSSR count). The van der Waals surface area contributed by atoms with E-state index in [9.17, 15) is 10.1 Å². The van der Waals surface area contributed by atoms with Gasteiger partial charge in [0.2, 0.25) is 0 Å². The van der Waals surface area contributed by atoms with E-state index in [-0.39, 0.29) is 11.4 Å². The Hall–Kier alpha value is -1.84. The van der Waals surface area contributed by atoms with Crippen molar-refractivity contribution < 1.29 is 4.92 Å². The largest absolute Gasteiger partial charge is 0.393 e. The van der Waals surface area contributed by atoms with Crippen LogP contribution in [0.1, 0.15) is 6.92 Å². The lowest BCUT2D eigenvalue weighted by Crippen LogP contribution is -2.08. The van der Waals surface area contributed by atoms with Crippen molar-refractivity contribution in [1.82, 2.24) is 0 Å². The third-order valence-electron chi connectivity index (χ3n) is 1.24. The van der Waals surface area contributed by atoms with Crippen molar-refractivity contribution in [3.05, 3.63) is 58.5 Å². The van der Waals surface area contributed by atoms with Crippen molar-refractivity contribution in [3.8, 4) is 0 Å². The average molecular weight is 180 g/mol. The molecule has 0 saturated carbocycles. The van der Waals surface area contributed by atoms with Crippen LogP contribution in [-0.2, 0) is 0 Å². The fraction of sp³-hybridized carbons (Fsp3) is 0.111. The third-order valence-corrected chi connectivity index (χ3v) is 1.24. The highest BCUT2D eigenvalue weighted by Crippen LogP contribution is 2.04. The first-order valence-electron chi connectivity index (χ1n) is 3.69. The first-order valence-corrected chi connectivity index (χ1v) is 3.69. The first-order chi connectivity index (χ1) is 6.13. The van der Waals surface area contributed by atoms with Gasteiger partial charge in [-0.05, 0) is 13.0 Å². The maximum absolute atomic E-state index is 10.5. The van der Waals surface area contributed by atoms with Gasteiger partial charge in [-0.3, -0.25) is 10.1 Å². The molecule has 0 unspecified atom stereocenters. The van der Waals surface area contributed by atoms with E-state index in [2.05, 4.69) is 6.58 Å². The van der Waals surface area contributed by atoms with Crippen LogP contribution in [0.2, 0.25) is 0 Å². The monoisotopic (exact) mass is 180 g/mol. The second kappa shape index (κ2) is 5.77. The van der Waals surface area contributed by atoms with Gasteiger partial charge in [-0.1, -0.05) is 24.8 Å². The van der Waals surface area contributed by atoms with E-state index in [0.717, 1.165) is 0 Å². The van der Waals surface area contributed by atoms with E-state index in [1.807, 2.05) is 0 Å². The van der Waals surface area contributed by atoms with Crippen LogP contribution in [0.3, 0.4) is 0 Å². The summed E-state index contributed by atoms with van der Waals surface area (Å²) in [6, 6.07) is 0. The van der Waals surface area contributed by atoms with Crippen LogP contribution >= 0.6 is 0 Å². The minimum absolute atomic E-state index is 0.0955. The maximum atomic E-state index is 10.5. The molecule has 0 aliphatic rings. The van der Waals surface area contributed by atoms with Gasteiger partial charge in [0.1, 0.15) is 5.70 Å². The molecule has 0 radical (unpaired) electrons. The molecule has 0 aliphatic heterocycles. The summed E-state index contributed by atoms with van der Waals surface area (Å²) in [6.07, 6.45) is 7.38. The molecule has 0 saturated heterocycles. The zero-order valence-corrected chi connectivity index (χ0v) is 7.43. The standard InChI is InChI=1S/C9H12N2O2/c1-3-5-7-9(11(12)13)8(10)6-4-2/h3-7H,2,10H2,1H3/b5-3-,8-6+,9-7+. The Balaban J connectivity index is 4.92. The quantitative estimate of drug-likeness (QED) is 0.407. The Morgan fingerprint density at radius 2 is 2.15 bits per heavy atom. The van der Waals surface area contributed by atoms with E-state index in [0.29, 0.717) is 0 Å². The lowest BCUT2D eigenvalue weighted by Gasteiger charge is -1.95. The normalized spacial score (nSPS) is 13.3. The van der Waals surface area contributed by atoms with Crippen LogP contribution in [0.5, 0.6) is 0 Å².